The molecule has 0 aromatic carbocycles. The van der Waals surface area contributed by atoms with Gasteiger partial charge >= 0.3 is 5.97 Å². The first-order valence-corrected chi connectivity index (χ1v) is 7.63. The van der Waals surface area contributed by atoms with Crippen LogP contribution >= 0.6 is 11.3 Å². The maximum Gasteiger partial charge on any atom is 0.308 e. The van der Waals surface area contributed by atoms with Gasteiger partial charge in [-0.2, -0.15) is 0 Å². The Bertz CT molecular complexity index is 461. The molecule has 2 heterocycles. The molecule has 1 fully saturated rings. The van der Waals surface area contributed by atoms with Crippen LogP contribution in [0, 0.1) is 11.8 Å². The predicted molar refractivity (Wildman–Crippen MR) is 78.6 cm³/mol. The fourth-order valence-corrected chi connectivity index (χ4v) is 3.71. The number of likely N-dealkylation sites (tertiary alicyclic amines) is 1. The van der Waals surface area contributed by atoms with Gasteiger partial charge in [-0.05, 0) is 23.5 Å². The number of rotatable bonds is 3. The molecule has 2 rings (SSSR count). The third-order valence-electron chi connectivity index (χ3n) is 3.79. The number of hydrogen-bond donors (Lipinski definition) is 1. The second-order valence-corrected chi connectivity index (χ2v) is 7.80. The summed E-state index contributed by atoms with van der Waals surface area (Å²) in [6.07, 6.45) is 0. The lowest BCUT2D eigenvalue weighted by molar-refractivity contribution is -0.142. The van der Waals surface area contributed by atoms with Gasteiger partial charge in [-0.3, -0.25) is 9.69 Å². The lowest BCUT2D eigenvalue weighted by Gasteiger charge is -2.16. The minimum Gasteiger partial charge on any atom is -0.481 e. The van der Waals surface area contributed by atoms with E-state index in [-0.39, 0.29) is 17.3 Å². The van der Waals surface area contributed by atoms with Crippen molar-refractivity contribution in [3.63, 3.8) is 0 Å². The summed E-state index contributed by atoms with van der Waals surface area (Å²) < 4.78 is 0. The topological polar surface area (TPSA) is 40.5 Å². The molecule has 1 aliphatic heterocycles. The van der Waals surface area contributed by atoms with Crippen molar-refractivity contribution >= 4 is 17.3 Å². The number of hydrogen-bond acceptors (Lipinski definition) is 3. The molecule has 1 N–H and O–H groups in total. The first-order valence-electron chi connectivity index (χ1n) is 6.81. The van der Waals surface area contributed by atoms with Crippen LogP contribution in [0.5, 0.6) is 0 Å². The van der Waals surface area contributed by atoms with Crippen molar-refractivity contribution in [2.24, 2.45) is 11.8 Å². The minimum atomic E-state index is -0.656. The Balaban J connectivity index is 1.99. The number of nitrogens with zero attached hydrogens (tertiary/aromatic N) is 1. The van der Waals surface area contributed by atoms with Gasteiger partial charge in [-0.1, -0.05) is 27.7 Å². The Kier molecular flexibility index (Phi) is 4.02. The molecule has 0 amide bonds. The molecule has 0 unspecified atom stereocenters. The van der Waals surface area contributed by atoms with E-state index < -0.39 is 5.97 Å². The Hall–Kier alpha value is -0.870. The summed E-state index contributed by atoms with van der Waals surface area (Å²) in [5.41, 5.74) is 0.199. The zero-order chi connectivity index (χ0) is 14.2. The van der Waals surface area contributed by atoms with Crippen LogP contribution in [0.25, 0.3) is 0 Å². The summed E-state index contributed by atoms with van der Waals surface area (Å²) in [4.78, 5) is 16.1. The molecule has 19 heavy (non-hydrogen) atoms. The number of carboxylic acids is 1. The highest BCUT2D eigenvalue weighted by Crippen LogP contribution is 2.31. The van der Waals surface area contributed by atoms with Crippen LogP contribution in [0.1, 0.15) is 37.4 Å². The van der Waals surface area contributed by atoms with E-state index in [2.05, 4.69) is 37.8 Å². The molecule has 1 saturated heterocycles. The Morgan fingerprint density at radius 1 is 1.42 bits per heavy atom. The zero-order valence-electron chi connectivity index (χ0n) is 12.1. The molecule has 1 aliphatic rings. The van der Waals surface area contributed by atoms with Gasteiger partial charge in [0.2, 0.25) is 0 Å². The second kappa shape index (κ2) is 5.25. The Labute approximate surface area is 119 Å². The highest BCUT2D eigenvalue weighted by molar-refractivity contribution is 7.12. The summed E-state index contributed by atoms with van der Waals surface area (Å²) in [6, 6.07) is 4.39. The lowest BCUT2D eigenvalue weighted by atomic mass is 9.95. The van der Waals surface area contributed by atoms with Crippen LogP contribution in [-0.4, -0.2) is 29.1 Å². The fourth-order valence-electron chi connectivity index (χ4n) is 2.60. The van der Waals surface area contributed by atoms with Gasteiger partial charge in [0.25, 0.3) is 0 Å². The van der Waals surface area contributed by atoms with Gasteiger partial charge in [0, 0.05) is 29.4 Å². The molecule has 0 radical (unpaired) electrons. The van der Waals surface area contributed by atoms with E-state index in [1.807, 2.05) is 18.3 Å². The monoisotopic (exact) mass is 281 g/mol. The third kappa shape index (κ3) is 3.37. The molecule has 0 saturated carbocycles. The Morgan fingerprint density at radius 3 is 2.58 bits per heavy atom. The van der Waals surface area contributed by atoms with Crippen LogP contribution in [0.4, 0.5) is 0 Å². The van der Waals surface area contributed by atoms with Crippen molar-refractivity contribution in [1.82, 2.24) is 4.90 Å². The predicted octanol–water partition coefficient (Wildman–Crippen LogP) is 3.20. The molecule has 4 heteroatoms. The van der Waals surface area contributed by atoms with Crippen molar-refractivity contribution in [2.75, 3.05) is 13.1 Å². The van der Waals surface area contributed by atoms with Crippen LogP contribution in [0.2, 0.25) is 0 Å². The van der Waals surface area contributed by atoms with Crippen molar-refractivity contribution in [1.29, 1.82) is 0 Å². The fraction of sp³-hybridized carbons (Fsp3) is 0.667. The Morgan fingerprint density at radius 2 is 2.11 bits per heavy atom. The highest BCUT2D eigenvalue weighted by Gasteiger charge is 2.34. The molecule has 2 atom stereocenters. The van der Waals surface area contributed by atoms with Gasteiger partial charge in [0.05, 0.1) is 5.92 Å². The van der Waals surface area contributed by atoms with Crippen molar-refractivity contribution in [3.05, 3.63) is 21.9 Å². The van der Waals surface area contributed by atoms with E-state index in [9.17, 15) is 4.79 Å². The van der Waals surface area contributed by atoms with E-state index in [0.29, 0.717) is 6.54 Å². The molecule has 1 aromatic rings. The van der Waals surface area contributed by atoms with E-state index >= 15 is 0 Å². The lowest BCUT2D eigenvalue weighted by Crippen LogP contribution is -2.22. The van der Waals surface area contributed by atoms with E-state index in [1.54, 1.807) is 0 Å². The smallest absolute Gasteiger partial charge is 0.308 e. The van der Waals surface area contributed by atoms with Gasteiger partial charge in [0.1, 0.15) is 0 Å². The van der Waals surface area contributed by atoms with Crippen molar-refractivity contribution in [3.8, 4) is 0 Å². The zero-order valence-corrected chi connectivity index (χ0v) is 13.0. The van der Waals surface area contributed by atoms with Gasteiger partial charge in [0.15, 0.2) is 0 Å². The quantitative estimate of drug-likeness (QED) is 0.925. The number of aliphatic carboxylic acids is 1. The number of thiophene rings is 1. The maximum absolute atomic E-state index is 11.1. The molecule has 0 bridgehead atoms. The van der Waals surface area contributed by atoms with Gasteiger partial charge < -0.3 is 5.11 Å². The largest absolute Gasteiger partial charge is 0.481 e. The first kappa shape index (κ1) is 14.5. The first-order chi connectivity index (χ1) is 8.77. The molecular weight excluding hydrogens is 258 g/mol. The molecule has 3 nitrogen and oxygen atoms in total. The summed E-state index contributed by atoms with van der Waals surface area (Å²) in [7, 11) is 0. The molecular formula is C15H23NO2S. The van der Waals surface area contributed by atoms with Crippen LogP contribution < -0.4 is 0 Å². The average molecular weight is 281 g/mol. The normalized spacial score (nSPS) is 24.8. The van der Waals surface area contributed by atoms with Crippen molar-refractivity contribution < 1.29 is 9.90 Å². The standard InChI is InChI=1S/C15H23NO2S/c1-10-7-16(9-12(10)14(17)18)8-11-5-6-13(19-11)15(2,3)4/h5-6,10,12H,7-9H2,1-4H3,(H,17,18)/t10-,12-/m1/s1. The molecule has 106 valence electrons. The van der Waals surface area contributed by atoms with E-state index in [1.165, 1.54) is 9.75 Å². The van der Waals surface area contributed by atoms with E-state index in [4.69, 9.17) is 5.11 Å². The second-order valence-electron chi connectivity index (χ2n) is 6.63. The minimum absolute atomic E-state index is 0.199. The number of carboxylic acid groups (broad SMARTS) is 1. The van der Waals surface area contributed by atoms with Crippen molar-refractivity contribution in [2.45, 2.75) is 39.7 Å². The summed E-state index contributed by atoms with van der Waals surface area (Å²) in [6.45, 7) is 11.2. The summed E-state index contributed by atoms with van der Waals surface area (Å²) in [5.74, 6) is -0.613. The summed E-state index contributed by atoms with van der Waals surface area (Å²) >= 11 is 1.85. The van der Waals surface area contributed by atoms with Gasteiger partial charge in [-0.15, -0.1) is 11.3 Å². The number of carbonyl (C=O) groups is 1. The summed E-state index contributed by atoms with van der Waals surface area (Å²) in [5, 5.41) is 9.15. The van der Waals surface area contributed by atoms with Gasteiger partial charge in [-0.25, -0.2) is 0 Å². The molecule has 0 spiro atoms. The average Bonchev–Trinajstić information content (AvgIpc) is 2.85. The highest BCUT2D eigenvalue weighted by atomic mass is 32.1. The molecule has 1 aromatic heterocycles. The SMILES string of the molecule is C[C@@H]1CN(Cc2ccc(C(C)(C)C)s2)C[C@H]1C(=O)O. The van der Waals surface area contributed by atoms with Crippen LogP contribution in [0.15, 0.2) is 12.1 Å². The molecule has 0 aliphatic carbocycles. The third-order valence-corrected chi connectivity index (χ3v) is 5.28. The van der Waals surface area contributed by atoms with E-state index in [0.717, 1.165) is 13.1 Å². The van der Waals surface area contributed by atoms with Crippen LogP contribution in [-0.2, 0) is 16.8 Å². The maximum atomic E-state index is 11.1. The van der Waals surface area contributed by atoms with Crippen LogP contribution in [0.3, 0.4) is 0 Å².